The Bertz CT molecular complexity index is 588. The van der Waals surface area contributed by atoms with Crippen molar-refractivity contribution in [3.05, 3.63) is 48.1 Å². The van der Waals surface area contributed by atoms with Gasteiger partial charge in [0.25, 0.3) is 0 Å². The summed E-state index contributed by atoms with van der Waals surface area (Å²) in [6.07, 6.45) is 6.72. The fourth-order valence-corrected chi connectivity index (χ4v) is 2.67. The maximum Gasteiger partial charge on any atom is 0.141 e. The summed E-state index contributed by atoms with van der Waals surface area (Å²) in [4.78, 5) is 10.7. The number of nitrogens with zero attached hydrogens (tertiary/aromatic N) is 4. The lowest BCUT2D eigenvalue weighted by Gasteiger charge is -2.35. The van der Waals surface area contributed by atoms with Gasteiger partial charge in [0.2, 0.25) is 0 Å². The van der Waals surface area contributed by atoms with Crippen molar-refractivity contribution in [2.45, 2.75) is 12.6 Å². The van der Waals surface area contributed by atoms with Crippen molar-refractivity contribution in [1.82, 2.24) is 24.8 Å². The highest BCUT2D eigenvalue weighted by atomic mass is 35.5. The number of pyridine rings is 1. The Kier molecular flexibility index (Phi) is 5.27. The summed E-state index contributed by atoms with van der Waals surface area (Å²) >= 11 is 0. The molecule has 5 nitrogen and oxygen atoms in total. The number of rotatable bonds is 3. The molecule has 1 saturated heterocycles. The molecule has 1 aliphatic heterocycles. The molecule has 1 unspecified atom stereocenters. The first-order valence-corrected chi connectivity index (χ1v) is 6.75. The molecule has 0 aliphatic carbocycles. The first-order valence-electron chi connectivity index (χ1n) is 6.75. The van der Waals surface area contributed by atoms with Crippen molar-refractivity contribution < 1.29 is 4.39 Å². The number of piperazine rings is 1. The van der Waals surface area contributed by atoms with E-state index < -0.39 is 0 Å². The van der Waals surface area contributed by atoms with Crippen molar-refractivity contribution >= 4 is 12.4 Å². The van der Waals surface area contributed by atoms with Gasteiger partial charge in [-0.05, 0) is 11.6 Å². The van der Waals surface area contributed by atoms with Crippen LogP contribution in [0, 0.1) is 5.82 Å². The molecule has 0 radical (unpaired) electrons. The maximum atomic E-state index is 13.2. The summed E-state index contributed by atoms with van der Waals surface area (Å²) < 4.78 is 15.3. The van der Waals surface area contributed by atoms with Gasteiger partial charge in [-0.15, -0.1) is 12.4 Å². The van der Waals surface area contributed by atoms with Crippen LogP contribution < -0.4 is 5.32 Å². The van der Waals surface area contributed by atoms with Gasteiger partial charge in [0, 0.05) is 51.8 Å². The Morgan fingerprint density at radius 1 is 1.43 bits per heavy atom. The molecule has 1 N–H and O–H groups in total. The molecule has 21 heavy (non-hydrogen) atoms. The average molecular weight is 312 g/mol. The second kappa shape index (κ2) is 6.98. The molecule has 7 heteroatoms. The molecule has 1 fully saturated rings. The highest BCUT2D eigenvalue weighted by molar-refractivity contribution is 5.85. The zero-order chi connectivity index (χ0) is 13.9. The fraction of sp³-hybridized carbons (Fsp3) is 0.429. The van der Waals surface area contributed by atoms with Crippen LogP contribution in [0.3, 0.4) is 0 Å². The van der Waals surface area contributed by atoms with Gasteiger partial charge in [0.05, 0.1) is 12.2 Å². The summed E-state index contributed by atoms with van der Waals surface area (Å²) in [6.45, 7) is 3.38. The van der Waals surface area contributed by atoms with Crippen LogP contribution in [-0.4, -0.2) is 39.1 Å². The van der Waals surface area contributed by atoms with Gasteiger partial charge in [-0.2, -0.15) is 0 Å². The Morgan fingerprint density at radius 3 is 3.00 bits per heavy atom. The molecule has 1 atom stereocenters. The minimum absolute atomic E-state index is 0. The number of nitrogens with one attached hydrogen (secondary N) is 1. The van der Waals surface area contributed by atoms with Crippen LogP contribution in [-0.2, 0) is 13.6 Å². The highest BCUT2D eigenvalue weighted by Crippen LogP contribution is 2.22. The molecular weight excluding hydrogens is 293 g/mol. The predicted molar refractivity (Wildman–Crippen MR) is 80.7 cm³/mol. The van der Waals surface area contributed by atoms with E-state index >= 15 is 0 Å². The largest absolute Gasteiger partial charge is 0.337 e. The minimum atomic E-state index is -0.286. The summed E-state index contributed by atoms with van der Waals surface area (Å²) in [5.74, 6) is 0.743. The van der Waals surface area contributed by atoms with Crippen LogP contribution in [0.15, 0.2) is 30.9 Å². The molecular formula is C14H19ClFN5. The Hall–Kier alpha value is -1.50. The quantitative estimate of drug-likeness (QED) is 0.933. The van der Waals surface area contributed by atoms with Gasteiger partial charge >= 0.3 is 0 Å². The van der Waals surface area contributed by atoms with Crippen molar-refractivity contribution in [3.8, 4) is 0 Å². The van der Waals surface area contributed by atoms with Crippen LogP contribution in [0.25, 0.3) is 0 Å². The van der Waals surface area contributed by atoms with Gasteiger partial charge in [0.1, 0.15) is 11.6 Å². The molecule has 1 aliphatic rings. The van der Waals surface area contributed by atoms with E-state index in [9.17, 15) is 4.39 Å². The van der Waals surface area contributed by atoms with Crippen molar-refractivity contribution in [3.63, 3.8) is 0 Å². The van der Waals surface area contributed by atoms with E-state index in [1.54, 1.807) is 12.3 Å². The highest BCUT2D eigenvalue weighted by Gasteiger charge is 2.26. The third-order valence-electron chi connectivity index (χ3n) is 3.66. The zero-order valence-electron chi connectivity index (χ0n) is 11.9. The van der Waals surface area contributed by atoms with Gasteiger partial charge in [-0.3, -0.25) is 9.88 Å². The summed E-state index contributed by atoms with van der Waals surface area (Å²) in [5, 5.41) is 3.39. The second-order valence-electron chi connectivity index (χ2n) is 5.10. The zero-order valence-corrected chi connectivity index (χ0v) is 12.7. The van der Waals surface area contributed by atoms with E-state index in [0.29, 0.717) is 6.54 Å². The Labute approximate surface area is 129 Å². The van der Waals surface area contributed by atoms with E-state index in [2.05, 4.69) is 20.2 Å². The number of hydrogen-bond donors (Lipinski definition) is 1. The second-order valence-corrected chi connectivity index (χ2v) is 5.10. The molecule has 2 aromatic heterocycles. The molecule has 0 amide bonds. The molecule has 114 valence electrons. The average Bonchev–Trinajstić information content (AvgIpc) is 2.86. The molecule has 0 saturated carbocycles. The predicted octanol–water partition coefficient (Wildman–Crippen LogP) is 1.52. The SMILES string of the molecule is Cl.Cn1ccnc1C1CNCCN1Cc1cncc(F)c1. The standard InChI is InChI=1S/C14H18FN5.ClH/c1-19-4-3-18-14(19)13-9-16-2-5-20(13)10-11-6-12(15)8-17-7-11;/h3-4,6-8,13,16H,2,5,9-10H2,1H3;1H. The third kappa shape index (κ3) is 3.58. The monoisotopic (exact) mass is 311 g/mol. The smallest absolute Gasteiger partial charge is 0.141 e. The van der Waals surface area contributed by atoms with E-state index in [4.69, 9.17) is 0 Å². The van der Waals surface area contributed by atoms with Gasteiger partial charge in [-0.25, -0.2) is 9.37 Å². The normalized spacial score (nSPS) is 19.2. The van der Waals surface area contributed by atoms with E-state index in [1.807, 2.05) is 24.0 Å². The van der Waals surface area contributed by atoms with Crippen LogP contribution in [0.2, 0.25) is 0 Å². The van der Waals surface area contributed by atoms with Crippen molar-refractivity contribution in [2.24, 2.45) is 7.05 Å². The summed E-state index contributed by atoms with van der Waals surface area (Å²) in [6, 6.07) is 1.75. The molecule has 3 rings (SSSR count). The number of aryl methyl sites for hydroxylation is 1. The van der Waals surface area contributed by atoms with Gasteiger partial charge in [-0.1, -0.05) is 0 Å². The number of imidazole rings is 1. The van der Waals surface area contributed by atoms with E-state index in [1.165, 1.54) is 6.20 Å². The number of hydrogen-bond acceptors (Lipinski definition) is 4. The summed E-state index contributed by atoms with van der Waals surface area (Å²) in [7, 11) is 2.00. The Morgan fingerprint density at radius 2 is 2.29 bits per heavy atom. The summed E-state index contributed by atoms with van der Waals surface area (Å²) in [5.41, 5.74) is 0.895. The lowest BCUT2D eigenvalue weighted by Crippen LogP contribution is -2.46. The first-order chi connectivity index (χ1) is 9.74. The molecule has 0 spiro atoms. The third-order valence-corrected chi connectivity index (χ3v) is 3.66. The number of aromatic nitrogens is 3. The van der Waals surface area contributed by atoms with Crippen LogP contribution in [0.5, 0.6) is 0 Å². The van der Waals surface area contributed by atoms with Gasteiger partial charge < -0.3 is 9.88 Å². The lowest BCUT2D eigenvalue weighted by atomic mass is 10.1. The topological polar surface area (TPSA) is 46.0 Å². The van der Waals surface area contributed by atoms with Gasteiger partial charge in [0.15, 0.2) is 0 Å². The minimum Gasteiger partial charge on any atom is -0.337 e. The molecule has 0 bridgehead atoms. The fourth-order valence-electron chi connectivity index (χ4n) is 2.67. The van der Waals surface area contributed by atoms with E-state index in [-0.39, 0.29) is 24.3 Å². The lowest BCUT2D eigenvalue weighted by molar-refractivity contribution is 0.144. The van der Waals surface area contributed by atoms with Crippen molar-refractivity contribution in [2.75, 3.05) is 19.6 Å². The maximum absolute atomic E-state index is 13.2. The first kappa shape index (κ1) is 15.9. The number of halogens is 2. The van der Waals surface area contributed by atoms with Crippen LogP contribution >= 0.6 is 12.4 Å². The van der Waals surface area contributed by atoms with Crippen molar-refractivity contribution in [1.29, 1.82) is 0 Å². The molecule has 3 heterocycles. The van der Waals surface area contributed by atoms with Crippen LogP contribution in [0.4, 0.5) is 4.39 Å². The Balaban J connectivity index is 0.00000161. The van der Waals surface area contributed by atoms with E-state index in [0.717, 1.165) is 31.0 Å². The van der Waals surface area contributed by atoms with Crippen LogP contribution in [0.1, 0.15) is 17.4 Å². The molecule has 2 aromatic rings. The molecule has 0 aromatic carbocycles.